The summed E-state index contributed by atoms with van der Waals surface area (Å²) < 4.78 is 5.24. The highest BCUT2D eigenvalue weighted by Crippen LogP contribution is 2.39. The molecule has 1 aliphatic rings. The van der Waals surface area contributed by atoms with Gasteiger partial charge < -0.3 is 4.74 Å². The highest BCUT2D eigenvalue weighted by Gasteiger charge is 2.28. The summed E-state index contributed by atoms with van der Waals surface area (Å²) in [5, 5.41) is 0.660. The summed E-state index contributed by atoms with van der Waals surface area (Å²) in [4.78, 5) is 11.6. The van der Waals surface area contributed by atoms with Gasteiger partial charge in [0.25, 0.3) is 0 Å². The van der Waals surface area contributed by atoms with Gasteiger partial charge in [-0.1, -0.05) is 41.9 Å². The number of carbonyl (C=O) groups excluding carboxylic acids is 1. The molecule has 0 aromatic heterocycles. The number of ether oxygens (including phenoxy) is 1. The van der Waals surface area contributed by atoms with Crippen LogP contribution in [0.2, 0.25) is 5.02 Å². The minimum absolute atomic E-state index is 0.0288. The Morgan fingerprint density at radius 3 is 2.67 bits per heavy atom. The second-order valence-electron chi connectivity index (χ2n) is 4.32. The molecule has 2 aromatic rings. The Bertz CT molecular complexity index is 593. The summed E-state index contributed by atoms with van der Waals surface area (Å²) in [7, 11) is 0. The fourth-order valence-corrected chi connectivity index (χ4v) is 2.49. The highest BCUT2D eigenvalue weighted by atomic mass is 35.5. The van der Waals surface area contributed by atoms with E-state index < -0.39 is 0 Å². The smallest absolute Gasteiger partial charge is 0.312 e. The van der Waals surface area contributed by atoms with Crippen LogP contribution in [-0.4, -0.2) is 5.97 Å². The molecule has 0 unspecified atom stereocenters. The molecule has 0 radical (unpaired) electrons. The molecule has 0 bridgehead atoms. The lowest BCUT2D eigenvalue weighted by molar-refractivity contribution is -0.135. The second kappa shape index (κ2) is 4.46. The van der Waals surface area contributed by atoms with Gasteiger partial charge in [0.1, 0.15) is 5.75 Å². The van der Waals surface area contributed by atoms with Gasteiger partial charge in [0.15, 0.2) is 0 Å². The summed E-state index contributed by atoms with van der Waals surface area (Å²) >= 11 is 6.03. The lowest BCUT2D eigenvalue weighted by Crippen LogP contribution is -2.20. The van der Waals surface area contributed by atoms with Crippen molar-refractivity contribution in [3.63, 3.8) is 0 Å². The zero-order valence-corrected chi connectivity index (χ0v) is 10.4. The number of carbonyl (C=O) groups is 1. The van der Waals surface area contributed by atoms with Crippen molar-refractivity contribution in [2.75, 3.05) is 0 Å². The van der Waals surface area contributed by atoms with Gasteiger partial charge in [-0.05, 0) is 23.8 Å². The maximum atomic E-state index is 11.6. The molecule has 0 saturated heterocycles. The van der Waals surface area contributed by atoms with Crippen LogP contribution in [-0.2, 0) is 4.79 Å². The largest absolute Gasteiger partial charge is 0.426 e. The van der Waals surface area contributed by atoms with Gasteiger partial charge in [-0.3, -0.25) is 4.79 Å². The van der Waals surface area contributed by atoms with E-state index in [0.717, 1.165) is 11.1 Å². The van der Waals surface area contributed by atoms with E-state index in [2.05, 4.69) is 0 Å². The highest BCUT2D eigenvalue weighted by molar-refractivity contribution is 6.30. The summed E-state index contributed by atoms with van der Waals surface area (Å²) in [6.07, 6.45) is 0.358. The topological polar surface area (TPSA) is 26.3 Å². The van der Waals surface area contributed by atoms with Crippen molar-refractivity contribution in [3.8, 4) is 5.75 Å². The molecule has 0 saturated carbocycles. The molecule has 1 aliphatic heterocycles. The Morgan fingerprint density at radius 1 is 1.11 bits per heavy atom. The molecule has 0 aliphatic carbocycles. The standard InChI is InChI=1S/C15H11ClO2/c16-11-6-7-14-13(8-11)12(9-15(17)18-14)10-4-2-1-3-5-10/h1-8,12H,9H2/t12-/m1/s1. The van der Waals surface area contributed by atoms with Gasteiger partial charge in [-0.25, -0.2) is 0 Å². The normalized spacial score (nSPS) is 18.1. The van der Waals surface area contributed by atoms with Crippen molar-refractivity contribution in [2.45, 2.75) is 12.3 Å². The van der Waals surface area contributed by atoms with Crippen LogP contribution in [0.25, 0.3) is 0 Å². The predicted molar refractivity (Wildman–Crippen MR) is 70.0 cm³/mol. The molecule has 1 atom stereocenters. The van der Waals surface area contributed by atoms with Crippen molar-refractivity contribution in [1.29, 1.82) is 0 Å². The van der Waals surface area contributed by atoms with Gasteiger partial charge in [-0.2, -0.15) is 0 Å². The molecule has 0 fully saturated rings. The first-order valence-electron chi connectivity index (χ1n) is 5.79. The first kappa shape index (κ1) is 11.3. The number of hydrogen-bond donors (Lipinski definition) is 0. The SMILES string of the molecule is O=C1C[C@H](c2ccccc2)c2cc(Cl)ccc2O1. The zero-order chi connectivity index (χ0) is 12.5. The van der Waals surface area contributed by atoms with E-state index in [-0.39, 0.29) is 11.9 Å². The first-order valence-corrected chi connectivity index (χ1v) is 6.17. The molecule has 2 aromatic carbocycles. The molecule has 2 nitrogen and oxygen atoms in total. The predicted octanol–water partition coefficient (Wildman–Crippen LogP) is 3.78. The number of hydrogen-bond acceptors (Lipinski definition) is 2. The molecule has 3 heteroatoms. The lowest BCUT2D eigenvalue weighted by Gasteiger charge is -2.24. The Labute approximate surface area is 110 Å². The third-order valence-corrected chi connectivity index (χ3v) is 3.38. The maximum Gasteiger partial charge on any atom is 0.312 e. The molecular formula is C15H11ClO2. The molecule has 0 N–H and O–H groups in total. The van der Waals surface area contributed by atoms with Crippen LogP contribution in [0.4, 0.5) is 0 Å². The van der Waals surface area contributed by atoms with Gasteiger partial charge in [0, 0.05) is 16.5 Å². The number of benzene rings is 2. The molecule has 1 heterocycles. The fourth-order valence-electron chi connectivity index (χ4n) is 2.31. The van der Waals surface area contributed by atoms with Crippen molar-refractivity contribution in [2.24, 2.45) is 0 Å². The van der Waals surface area contributed by atoms with E-state index in [1.165, 1.54) is 0 Å². The fraction of sp³-hybridized carbons (Fsp3) is 0.133. The number of halogens is 1. The molecular weight excluding hydrogens is 248 g/mol. The number of rotatable bonds is 1. The third-order valence-electron chi connectivity index (χ3n) is 3.14. The Hall–Kier alpha value is -1.80. The van der Waals surface area contributed by atoms with Crippen LogP contribution in [0.5, 0.6) is 5.75 Å². The summed E-state index contributed by atoms with van der Waals surface area (Å²) in [5.41, 5.74) is 2.09. The maximum absolute atomic E-state index is 11.6. The third kappa shape index (κ3) is 2.00. The average Bonchev–Trinajstić information content (AvgIpc) is 2.39. The molecule has 18 heavy (non-hydrogen) atoms. The Morgan fingerprint density at radius 2 is 1.89 bits per heavy atom. The van der Waals surface area contributed by atoms with E-state index in [4.69, 9.17) is 16.3 Å². The number of fused-ring (bicyclic) bond motifs is 1. The summed E-state index contributed by atoms with van der Waals surface area (Å²) in [6, 6.07) is 15.3. The van der Waals surface area contributed by atoms with Gasteiger partial charge in [0.2, 0.25) is 0 Å². The van der Waals surface area contributed by atoms with E-state index in [1.54, 1.807) is 12.1 Å². The van der Waals surface area contributed by atoms with Crippen molar-refractivity contribution in [1.82, 2.24) is 0 Å². The van der Waals surface area contributed by atoms with Crippen molar-refractivity contribution >= 4 is 17.6 Å². The van der Waals surface area contributed by atoms with Crippen LogP contribution in [0.1, 0.15) is 23.5 Å². The Balaban J connectivity index is 2.12. The van der Waals surface area contributed by atoms with E-state index in [0.29, 0.717) is 17.2 Å². The molecule has 0 spiro atoms. The first-order chi connectivity index (χ1) is 8.74. The number of esters is 1. The van der Waals surface area contributed by atoms with Crippen LogP contribution < -0.4 is 4.74 Å². The second-order valence-corrected chi connectivity index (χ2v) is 4.76. The molecule has 0 amide bonds. The molecule has 3 rings (SSSR count). The van der Waals surface area contributed by atoms with Gasteiger partial charge in [0.05, 0.1) is 6.42 Å². The van der Waals surface area contributed by atoms with Crippen LogP contribution in [0.3, 0.4) is 0 Å². The quantitative estimate of drug-likeness (QED) is 0.575. The van der Waals surface area contributed by atoms with Crippen LogP contribution >= 0.6 is 11.6 Å². The van der Waals surface area contributed by atoms with Crippen LogP contribution in [0.15, 0.2) is 48.5 Å². The van der Waals surface area contributed by atoms with E-state index >= 15 is 0 Å². The minimum Gasteiger partial charge on any atom is -0.426 e. The van der Waals surface area contributed by atoms with E-state index in [1.807, 2.05) is 36.4 Å². The van der Waals surface area contributed by atoms with Gasteiger partial charge >= 0.3 is 5.97 Å². The average molecular weight is 259 g/mol. The molecule has 90 valence electrons. The Kier molecular flexibility index (Phi) is 2.80. The van der Waals surface area contributed by atoms with Crippen molar-refractivity contribution in [3.05, 3.63) is 64.7 Å². The summed E-state index contributed by atoms with van der Waals surface area (Å²) in [5.74, 6) is 0.448. The van der Waals surface area contributed by atoms with E-state index in [9.17, 15) is 4.79 Å². The van der Waals surface area contributed by atoms with Crippen LogP contribution in [0, 0.1) is 0 Å². The lowest BCUT2D eigenvalue weighted by atomic mass is 9.86. The summed E-state index contributed by atoms with van der Waals surface area (Å²) in [6.45, 7) is 0. The minimum atomic E-state index is -0.196. The monoisotopic (exact) mass is 258 g/mol. The zero-order valence-electron chi connectivity index (χ0n) is 9.60. The van der Waals surface area contributed by atoms with Gasteiger partial charge in [-0.15, -0.1) is 0 Å². The van der Waals surface area contributed by atoms with Crippen molar-refractivity contribution < 1.29 is 9.53 Å².